The molecule has 2 rings (SSSR count). The fraction of sp³-hybridized carbons (Fsp3) is 0.611. The first-order valence-corrected chi connectivity index (χ1v) is 8.18. The molecule has 0 radical (unpaired) electrons. The van der Waals surface area contributed by atoms with Crippen molar-refractivity contribution in [3.63, 3.8) is 0 Å². The molecule has 0 aliphatic heterocycles. The van der Waals surface area contributed by atoms with E-state index in [-0.39, 0.29) is 11.5 Å². The Kier molecular flexibility index (Phi) is 5.83. The Bertz CT molecular complexity index is 507. The maximum absolute atomic E-state index is 6.03. The minimum absolute atomic E-state index is 0.156. The fourth-order valence-corrected chi connectivity index (χ4v) is 3.39. The first kappa shape index (κ1) is 16.8. The Hall–Kier alpha value is -1.55. The number of nitrogens with one attached hydrogen (secondary N) is 1. The Morgan fingerprint density at radius 1 is 1.41 bits per heavy atom. The number of hydrogen-bond donors (Lipinski definition) is 2. The Morgan fingerprint density at radius 3 is 2.77 bits per heavy atom. The molecule has 1 atom stereocenters. The van der Waals surface area contributed by atoms with Crippen molar-refractivity contribution in [1.82, 2.24) is 5.32 Å². The van der Waals surface area contributed by atoms with Crippen molar-refractivity contribution in [3.8, 4) is 0 Å². The van der Waals surface area contributed by atoms with E-state index in [0.29, 0.717) is 12.6 Å². The molecule has 4 heteroatoms. The van der Waals surface area contributed by atoms with Crippen molar-refractivity contribution in [2.24, 2.45) is 10.7 Å². The van der Waals surface area contributed by atoms with Gasteiger partial charge in [-0.15, -0.1) is 0 Å². The molecule has 1 saturated carbocycles. The third kappa shape index (κ3) is 4.23. The number of ether oxygens (including phenoxy) is 1. The van der Waals surface area contributed by atoms with Gasteiger partial charge in [0.2, 0.25) is 0 Å². The van der Waals surface area contributed by atoms with Crippen molar-refractivity contribution in [1.29, 1.82) is 0 Å². The number of rotatable bonds is 6. The quantitative estimate of drug-likeness (QED) is 0.627. The number of hydrogen-bond acceptors (Lipinski definition) is 2. The van der Waals surface area contributed by atoms with Crippen LogP contribution in [0.4, 0.5) is 0 Å². The lowest BCUT2D eigenvalue weighted by molar-refractivity contribution is 0.179. The van der Waals surface area contributed by atoms with Crippen LogP contribution in [0, 0.1) is 6.92 Å². The van der Waals surface area contributed by atoms with E-state index >= 15 is 0 Å². The molecule has 1 aromatic rings. The molecule has 22 heavy (non-hydrogen) atoms. The summed E-state index contributed by atoms with van der Waals surface area (Å²) in [6, 6.07) is 9.02. The van der Waals surface area contributed by atoms with Gasteiger partial charge >= 0.3 is 0 Å². The SMILES string of the molecule is COCC(C)NC(N)=NCC1(c2cccc(C)c2)CCCC1. The van der Waals surface area contributed by atoms with Crippen LogP contribution in [0.3, 0.4) is 0 Å². The molecule has 3 N–H and O–H groups in total. The average molecular weight is 303 g/mol. The van der Waals surface area contributed by atoms with Crippen molar-refractivity contribution >= 4 is 5.96 Å². The van der Waals surface area contributed by atoms with Crippen molar-refractivity contribution < 1.29 is 4.74 Å². The van der Waals surface area contributed by atoms with Crippen molar-refractivity contribution in [2.45, 2.75) is 51.0 Å². The summed E-state index contributed by atoms with van der Waals surface area (Å²) in [5.74, 6) is 0.517. The van der Waals surface area contributed by atoms with Crippen LogP contribution in [-0.4, -0.2) is 32.3 Å². The van der Waals surface area contributed by atoms with Crippen LogP contribution >= 0.6 is 0 Å². The summed E-state index contributed by atoms with van der Waals surface area (Å²) >= 11 is 0. The second kappa shape index (κ2) is 7.63. The zero-order valence-electron chi connectivity index (χ0n) is 14.1. The number of methoxy groups -OCH3 is 1. The van der Waals surface area contributed by atoms with E-state index in [1.807, 2.05) is 6.92 Å². The van der Waals surface area contributed by atoms with E-state index in [2.05, 4.69) is 41.5 Å². The van der Waals surface area contributed by atoms with Gasteiger partial charge in [0.05, 0.1) is 13.2 Å². The third-order valence-corrected chi connectivity index (χ3v) is 4.55. The van der Waals surface area contributed by atoms with Gasteiger partial charge in [0.25, 0.3) is 0 Å². The third-order valence-electron chi connectivity index (χ3n) is 4.55. The number of nitrogens with two attached hydrogens (primary N) is 1. The molecule has 0 saturated heterocycles. The maximum atomic E-state index is 6.03. The lowest BCUT2D eigenvalue weighted by Crippen LogP contribution is -2.41. The predicted octanol–water partition coefficient (Wildman–Crippen LogP) is 2.75. The van der Waals surface area contributed by atoms with E-state index in [4.69, 9.17) is 10.5 Å². The van der Waals surface area contributed by atoms with E-state index in [0.717, 1.165) is 6.54 Å². The number of benzene rings is 1. The minimum atomic E-state index is 0.156. The lowest BCUT2D eigenvalue weighted by Gasteiger charge is -2.28. The van der Waals surface area contributed by atoms with E-state index in [9.17, 15) is 0 Å². The molecule has 4 nitrogen and oxygen atoms in total. The summed E-state index contributed by atoms with van der Waals surface area (Å²) in [4.78, 5) is 4.63. The van der Waals surface area contributed by atoms with E-state index in [1.165, 1.54) is 36.8 Å². The van der Waals surface area contributed by atoms with E-state index < -0.39 is 0 Å². The highest BCUT2D eigenvalue weighted by Gasteiger charge is 2.35. The van der Waals surface area contributed by atoms with Gasteiger partial charge in [-0.25, -0.2) is 0 Å². The molecule has 1 aromatic carbocycles. The number of guanidine groups is 1. The smallest absolute Gasteiger partial charge is 0.188 e. The molecule has 0 aromatic heterocycles. The van der Waals surface area contributed by atoms with Crippen molar-refractivity contribution in [3.05, 3.63) is 35.4 Å². The van der Waals surface area contributed by atoms with Gasteiger partial charge in [-0.3, -0.25) is 4.99 Å². The molecular weight excluding hydrogens is 274 g/mol. The molecule has 1 unspecified atom stereocenters. The number of nitrogens with zero attached hydrogens (tertiary/aromatic N) is 1. The second-order valence-corrected chi connectivity index (χ2v) is 6.56. The number of aliphatic imine (C=N–C) groups is 1. The minimum Gasteiger partial charge on any atom is -0.383 e. The fourth-order valence-electron chi connectivity index (χ4n) is 3.39. The van der Waals surface area contributed by atoms with Gasteiger partial charge in [-0.2, -0.15) is 0 Å². The molecule has 122 valence electrons. The van der Waals surface area contributed by atoms with Crippen LogP contribution in [0.2, 0.25) is 0 Å². The summed E-state index contributed by atoms with van der Waals surface area (Å²) in [6.45, 7) is 5.57. The van der Waals surface area contributed by atoms with Gasteiger partial charge in [0.1, 0.15) is 0 Å². The van der Waals surface area contributed by atoms with Crippen LogP contribution in [0.15, 0.2) is 29.3 Å². The summed E-state index contributed by atoms with van der Waals surface area (Å²) < 4.78 is 5.11. The van der Waals surface area contributed by atoms with E-state index in [1.54, 1.807) is 7.11 Å². The van der Waals surface area contributed by atoms with Crippen LogP contribution in [-0.2, 0) is 10.2 Å². The second-order valence-electron chi connectivity index (χ2n) is 6.56. The average Bonchev–Trinajstić information content (AvgIpc) is 2.95. The Labute approximate surface area is 134 Å². The Balaban J connectivity index is 2.09. The number of aryl methyl sites for hydroxylation is 1. The summed E-state index contributed by atoms with van der Waals surface area (Å²) in [7, 11) is 1.69. The molecule has 0 bridgehead atoms. The highest BCUT2D eigenvalue weighted by atomic mass is 16.5. The van der Waals surface area contributed by atoms with Gasteiger partial charge < -0.3 is 15.8 Å². The van der Waals surface area contributed by atoms with Crippen LogP contribution in [0.1, 0.15) is 43.7 Å². The van der Waals surface area contributed by atoms with Crippen LogP contribution < -0.4 is 11.1 Å². The predicted molar refractivity (Wildman–Crippen MR) is 92.3 cm³/mol. The summed E-state index contributed by atoms with van der Waals surface area (Å²) in [5, 5.41) is 3.19. The first-order valence-electron chi connectivity index (χ1n) is 8.18. The molecule has 0 amide bonds. The van der Waals surface area contributed by atoms with Crippen LogP contribution in [0.25, 0.3) is 0 Å². The highest BCUT2D eigenvalue weighted by Crippen LogP contribution is 2.41. The molecule has 1 fully saturated rings. The molecule has 0 heterocycles. The first-order chi connectivity index (χ1) is 10.6. The highest BCUT2D eigenvalue weighted by molar-refractivity contribution is 5.78. The largest absolute Gasteiger partial charge is 0.383 e. The van der Waals surface area contributed by atoms with Gasteiger partial charge in [-0.1, -0.05) is 42.7 Å². The van der Waals surface area contributed by atoms with Crippen LogP contribution in [0.5, 0.6) is 0 Å². The topological polar surface area (TPSA) is 59.6 Å². The van der Waals surface area contributed by atoms with Gasteiger partial charge in [0, 0.05) is 18.6 Å². The molecular formula is C18H29N3O. The van der Waals surface area contributed by atoms with Gasteiger partial charge in [-0.05, 0) is 32.3 Å². The molecule has 1 aliphatic rings. The maximum Gasteiger partial charge on any atom is 0.188 e. The van der Waals surface area contributed by atoms with Crippen molar-refractivity contribution in [2.75, 3.05) is 20.3 Å². The summed E-state index contributed by atoms with van der Waals surface area (Å²) in [6.07, 6.45) is 4.94. The standard InChI is InChI=1S/C18H29N3O/c1-14-7-6-8-16(11-14)18(9-4-5-10-18)13-20-17(19)21-15(2)12-22-3/h6-8,11,15H,4-5,9-10,12-13H2,1-3H3,(H3,19,20,21). The molecule has 1 aliphatic carbocycles. The normalized spacial score (nSPS) is 19.1. The zero-order valence-corrected chi connectivity index (χ0v) is 14.1. The zero-order chi connectivity index (χ0) is 16.0. The summed E-state index contributed by atoms with van der Waals surface area (Å²) in [5.41, 5.74) is 8.91. The van der Waals surface area contributed by atoms with Gasteiger partial charge in [0.15, 0.2) is 5.96 Å². The monoisotopic (exact) mass is 303 g/mol. The lowest BCUT2D eigenvalue weighted by atomic mass is 9.78. The molecule has 0 spiro atoms. The Morgan fingerprint density at radius 2 is 2.14 bits per heavy atom.